The van der Waals surface area contributed by atoms with Crippen LogP contribution in [0.2, 0.25) is 0 Å². The summed E-state index contributed by atoms with van der Waals surface area (Å²) in [7, 11) is 0. The lowest BCUT2D eigenvalue weighted by atomic mass is 10.1. The Hall–Kier alpha value is -0.810. The molecule has 1 fully saturated rings. The Morgan fingerprint density at radius 1 is 1.07 bits per heavy atom. The highest BCUT2D eigenvalue weighted by atomic mass is 15.1. The van der Waals surface area contributed by atoms with Gasteiger partial charge in [-0.3, -0.25) is 4.90 Å². The molecule has 0 saturated carbocycles. The maximum absolute atomic E-state index is 8.94. The van der Waals surface area contributed by atoms with Crippen molar-refractivity contribution >= 4 is 0 Å². The van der Waals surface area contributed by atoms with Gasteiger partial charge in [-0.05, 0) is 50.8 Å². The van der Waals surface area contributed by atoms with Crippen LogP contribution in [0.15, 0.2) is 11.1 Å². The standard InChI is InChI=1S/C12H18N2/c13-9-11-5-4-6-12(11)10-14-7-2-1-3-8-14/h1-8,10H2. The summed E-state index contributed by atoms with van der Waals surface area (Å²) >= 11 is 0. The number of hydrogen-bond donors (Lipinski definition) is 0. The fourth-order valence-electron chi connectivity index (χ4n) is 2.50. The lowest BCUT2D eigenvalue weighted by molar-refractivity contribution is 0.245. The molecule has 2 rings (SSSR count). The van der Waals surface area contributed by atoms with Crippen LogP contribution < -0.4 is 0 Å². The molecule has 0 bridgehead atoms. The van der Waals surface area contributed by atoms with Crippen LogP contribution in [0.4, 0.5) is 0 Å². The molecule has 0 radical (unpaired) electrons. The van der Waals surface area contributed by atoms with Gasteiger partial charge in [0.2, 0.25) is 0 Å². The summed E-state index contributed by atoms with van der Waals surface area (Å²) in [5.74, 6) is 0. The van der Waals surface area contributed by atoms with E-state index in [0.717, 1.165) is 18.5 Å². The first-order valence-corrected chi connectivity index (χ1v) is 5.73. The van der Waals surface area contributed by atoms with Crippen molar-refractivity contribution in [2.45, 2.75) is 38.5 Å². The molecule has 76 valence electrons. The summed E-state index contributed by atoms with van der Waals surface area (Å²) in [5.41, 5.74) is 2.50. The normalized spacial score (nSPS) is 23.9. The summed E-state index contributed by atoms with van der Waals surface area (Å²) in [6.45, 7) is 3.55. The van der Waals surface area contributed by atoms with Gasteiger partial charge in [-0.25, -0.2) is 0 Å². The fourth-order valence-corrected chi connectivity index (χ4v) is 2.50. The molecule has 0 aromatic rings. The minimum absolute atomic E-state index is 1.03. The zero-order valence-electron chi connectivity index (χ0n) is 8.76. The fraction of sp³-hybridized carbons (Fsp3) is 0.750. The molecule has 0 aromatic carbocycles. The van der Waals surface area contributed by atoms with Gasteiger partial charge in [-0.15, -0.1) is 0 Å². The van der Waals surface area contributed by atoms with Crippen LogP contribution in [-0.4, -0.2) is 24.5 Å². The molecule has 0 unspecified atom stereocenters. The maximum Gasteiger partial charge on any atom is 0.0947 e. The largest absolute Gasteiger partial charge is 0.299 e. The van der Waals surface area contributed by atoms with Crippen molar-refractivity contribution in [1.29, 1.82) is 5.26 Å². The van der Waals surface area contributed by atoms with E-state index < -0.39 is 0 Å². The number of piperidine rings is 1. The maximum atomic E-state index is 8.94. The molecule has 2 nitrogen and oxygen atoms in total. The van der Waals surface area contributed by atoms with E-state index in [1.54, 1.807) is 0 Å². The van der Waals surface area contributed by atoms with Crippen molar-refractivity contribution in [3.05, 3.63) is 11.1 Å². The van der Waals surface area contributed by atoms with Crippen molar-refractivity contribution in [3.8, 4) is 6.07 Å². The number of nitrogens with zero attached hydrogens (tertiary/aromatic N) is 2. The summed E-state index contributed by atoms with van der Waals surface area (Å²) in [6.07, 6.45) is 7.47. The van der Waals surface area contributed by atoms with Gasteiger partial charge in [-0.2, -0.15) is 5.26 Å². The molecule has 0 aromatic heterocycles. The monoisotopic (exact) mass is 190 g/mol. The highest BCUT2D eigenvalue weighted by Crippen LogP contribution is 2.26. The minimum Gasteiger partial charge on any atom is -0.299 e. The highest BCUT2D eigenvalue weighted by Gasteiger charge is 2.18. The van der Waals surface area contributed by atoms with E-state index in [4.69, 9.17) is 5.26 Å². The topological polar surface area (TPSA) is 27.0 Å². The Kier molecular flexibility index (Phi) is 3.21. The van der Waals surface area contributed by atoms with Gasteiger partial charge in [0.1, 0.15) is 0 Å². The Morgan fingerprint density at radius 2 is 1.86 bits per heavy atom. The van der Waals surface area contributed by atoms with Crippen LogP contribution in [0, 0.1) is 11.3 Å². The van der Waals surface area contributed by atoms with Gasteiger partial charge in [0.15, 0.2) is 0 Å². The van der Waals surface area contributed by atoms with E-state index in [-0.39, 0.29) is 0 Å². The molecule has 0 spiro atoms. The molecule has 0 atom stereocenters. The third-order valence-electron chi connectivity index (χ3n) is 3.33. The van der Waals surface area contributed by atoms with Crippen molar-refractivity contribution in [2.24, 2.45) is 0 Å². The van der Waals surface area contributed by atoms with Crippen molar-refractivity contribution in [1.82, 2.24) is 4.90 Å². The SMILES string of the molecule is N#CC1=C(CN2CCCCC2)CCC1. The lowest BCUT2D eigenvalue weighted by Crippen LogP contribution is -2.31. The first-order chi connectivity index (χ1) is 6.90. The van der Waals surface area contributed by atoms with Crippen molar-refractivity contribution < 1.29 is 0 Å². The van der Waals surface area contributed by atoms with Crippen LogP contribution in [0.1, 0.15) is 38.5 Å². The minimum atomic E-state index is 1.03. The second kappa shape index (κ2) is 4.61. The molecule has 14 heavy (non-hydrogen) atoms. The van der Waals surface area contributed by atoms with Gasteiger partial charge in [0.05, 0.1) is 6.07 Å². The molecule has 1 heterocycles. The van der Waals surface area contributed by atoms with E-state index in [1.807, 2.05) is 0 Å². The van der Waals surface area contributed by atoms with Crippen LogP contribution >= 0.6 is 0 Å². The van der Waals surface area contributed by atoms with Crippen LogP contribution in [-0.2, 0) is 0 Å². The molecule has 1 aliphatic carbocycles. The molecule has 1 aliphatic heterocycles. The van der Waals surface area contributed by atoms with Crippen molar-refractivity contribution in [2.75, 3.05) is 19.6 Å². The molecule has 0 amide bonds. The third-order valence-corrected chi connectivity index (χ3v) is 3.33. The second-order valence-electron chi connectivity index (χ2n) is 4.38. The number of likely N-dealkylation sites (tertiary alicyclic amines) is 1. The zero-order chi connectivity index (χ0) is 9.80. The quantitative estimate of drug-likeness (QED) is 0.669. The van der Waals surface area contributed by atoms with Gasteiger partial charge in [0.25, 0.3) is 0 Å². The molecule has 2 heteroatoms. The van der Waals surface area contributed by atoms with Crippen molar-refractivity contribution in [3.63, 3.8) is 0 Å². The highest BCUT2D eigenvalue weighted by molar-refractivity contribution is 5.32. The van der Waals surface area contributed by atoms with Gasteiger partial charge >= 0.3 is 0 Å². The Labute approximate surface area is 86.2 Å². The molecular formula is C12H18N2. The summed E-state index contributed by atoms with van der Waals surface area (Å²) < 4.78 is 0. The average Bonchev–Trinajstić information content (AvgIpc) is 2.67. The zero-order valence-corrected chi connectivity index (χ0v) is 8.76. The average molecular weight is 190 g/mol. The van der Waals surface area contributed by atoms with E-state index in [2.05, 4.69) is 11.0 Å². The Bertz CT molecular complexity index is 267. The molecule has 0 N–H and O–H groups in total. The lowest BCUT2D eigenvalue weighted by Gasteiger charge is -2.26. The van der Waals surface area contributed by atoms with E-state index in [1.165, 1.54) is 50.8 Å². The van der Waals surface area contributed by atoms with Gasteiger partial charge in [-0.1, -0.05) is 6.42 Å². The summed E-state index contributed by atoms with van der Waals surface area (Å²) in [5, 5.41) is 8.94. The summed E-state index contributed by atoms with van der Waals surface area (Å²) in [6, 6.07) is 2.36. The van der Waals surface area contributed by atoms with E-state index >= 15 is 0 Å². The Morgan fingerprint density at radius 3 is 2.57 bits per heavy atom. The predicted molar refractivity (Wildman–Crippen MR) is 56.8 cm³/mol. The summed E-state index contributed by atoms with van der Waals surface area (Å²) in [4.78, 5) is 2.52. The number of nitriles is 1. The van der Waals surface area contributed by atoms with E-state index in [0.29, 0.717) is 0 Å². The van der Waals surface area contributed by atoms with Gasteiger partial charge in [0, 0.05) is 12.1 Å². The number of rotatable bonds is 2. The molecule has 2 aliphatic rings. The first kappa shape index (κ1) is 9.73. The number of hydrogen-bond acceptors (Lipinski definition) is 2. The second-order valence-corrected chi connectivity index (χ2v) is 4.38. The molecular weight excluding hydrogens is 172 g/mol. The van der Waals surface area contributed by atoms with Gasteiger partial charge < -0.3 is 0 Å². The first-order valence-electron chi connectivity index (χ1n) is 5.73. The Balaban J connectivity index is 1.93. The van der Waals surface area contributed by atoms with Crippen LogP contribution in [0.3, 0.4) is 0 Å². The smallest absolute Gasteiger partial charge is 0.0947 e. The van der Waals surface area contributed by atoms with Crippen LogP contribution in [0.25, 0.3) is 0 Å². The van der Waals surface area contributed by atoms with E-state index in [9.17, 15) is 0 Å². The number of allylic oxidation sites excluding steroid dienone is 1. The van der Waals surface area contributed by atoms with Crippen LogP contribution in [0.5, 0.6) is 0 Å². The third kappa shape index (κ3) is 2.16. The predicted octanol–water partition coefficient (Wildman–Crippen LogP) is 2.48. The molecule has 1 saturated heterocycles.